The number of carbonyl (C=O) groups is 2. The Kier molecular flexibility index (Phi) is 3.93. The van der Waals surface area contributed by atoms with Crippen LogP contribution in [0.2, 0.25) is 0 Å². The van der Waals surface area contributed by atoms with Crippen molar-refractivity contribution in [1.29, 1.82) is 0 Å². The third-order valence-corrected chi connectivity index (χ3v) is 3.62. The topological polar surface area (TPSA) is 88.6 Å². The van der Waals surface area contributed by atoms with Crippen LogP contribution in [0.4, 0.5) is 5.69 Å². The number of nitrogens with one attached hydrogen (secondary N) is 1. The third kappa shape index (κ3) is 3.01. The van der Waals surface area contributed by atoms with Gasteiger partial charge in [-0.25, -0.2) is 0 Å². The largest absolute Gasteiger partial charge is 0.459 e. The number of benzene rings is 1. The van der Waals surface area contributed by atoms with Crippen LogP contribution < -0.4 is 11.1 Å². The Balaban J connectivity index is 1.72. The number of nitrogens with zero attached hydrogens (tertiary/aromatic N) is 1. The molecule has 22 heavy (non-hydrogen) atoms. The second-order valence-corrected chi connectivity index (χ2v) is 5.31. The molecule has 0 spiro atoms. The van der Waals surface area contributed by atoms with Crippen molar-refractivity contribution in [2.75, 3.05) is 18.4 Å². The molecule has 0 aliphatic carbocycles. The van der Waals surface area contributed by atoms with Crippen LogP contribution in [0.15, 0.2) is 47.1 Å². The Morgan fingerprint density at radius 2 is 2.14 bits per heavy atom. The van der Waals surface area contributed by atoms with Crippen LogP contribution in [0.3, 0.4) is 0 Å². The quantitative estimate of drug-likeness (QED) is 0.903. The molecule has 1 aromatic heterocycles. The van der Waals surface area contributed by atoms with Gasteiger partial charge >= 0.3 is 0 Å². The Morgan fingerprint density at radius 1 is 1.27 bits per heavy atom. The highest BCUT2D eigenvalue weighted by molar-refractivity contribution is 6.03. The molecule has 1 aromatic carbocycles. The highest BCUT2D eigenvalue weighted by atomic mass is 16.3. The molecule has 0 radical (unpaired) electrons. The van der Waals surface area contributed by atoms with Crippen LogP contribution in [0.1, 0.15) is 27.3 Å². The second-order valence-electron chi connectivity index (χ2n) is 5.31. The first kappa shape index (κ1) is 14.3. The molecule has 2 aromatic rings. The summed E-state index contributed by atoms with van der Waals surface area (Å²) < 4.78 is 5.04. The molecular formula is C16H17N3O3. The summed E-state index contributed by atoms with van der Waals surface area (Å²) in [5, 5.41) is 2.71. The van der Waals surface area contributed by atoms with Gasteiger partial charge in [-0.3, -0.25) is 9.59 Å². The number of furan rings is 1. The molecule has 114 valence electrons. The van der Waals surface area contributed by atoms with Crippen LogP contribution in [0.5, 0.6) is 0 Å². The van der Waals surface area contributed by atoms with E-state index in [4.69, 9.17) is 10.2 Å². The van der Waals surface area contributed by atoms with E-state index in [9.17, 15) is 9.59 Å². The molecule has 1 aliphatic heterocycles. The van der Waals surface area contributed by atoms with E-state index >= 15 is 0 Å². The number of hydrogen-bond donors (Lipinski definition) is 2. The van der Waals surface area contributed by atoms with Gasteiger partial charge in [-0.05, 0) is 36.8 Å². The predicted molar refractivity (Wildman–Crippen MR) is 81.6 cm³/mol. The summed E-state index contributed by atoms with van der Waals surface area (Å²) in [6, 6.07) is 10.1. The first-order valence-electron chi connectivity index (χ1n) is 7.13. The van der Waals surface area contributed by atoms with Crippen LogP contribution in [-0.2, 0) is 0 Å². The standard InChI is InChI=1S/C16H17N3O3/c17-12-6-7-19(10-12)16(21)11-3-1-4-13(9-11)18-15(20)14-5-2-8-22-14/h1-5,8-9,12H,6-7,10,17H2,(H,18,20)/t12-/m1/s1. The summed E-state index contributed by atoms with van der Waals surface area (Å²) in [6.45, 7) is 1.24. The number of rotatable bonds is 3. The van der Waals surface area contributed by atoms with Crippen molar-refractivity contribution in [1.82, 2.24) is 4.90 Å². The molecule has 1 saturated heterocycles. The summed E-state index contributed by atoms with van der Waals surface area (Å²) >= 11 is 0. The molecule has 3 N–H and O–H groups in total. The highest BCUT2D eigenvalue weighted by Crippen LogP contribution is 2.17. The average molecular weight is 299 g/mol. The monoisotopic (exact) mass is 299 g/mol. The lowest BCUT2D eigenvalue weighted by Crippen LogP contribution is -2.31. The van der Waals surface area contributed by atoms with Gasteiger partial charge in [-0.15, -0.1) is 0 Å². The van der Waals surface area contributed by atoms with Gasteiger partial charge in [0.25, 0.3) is 11.8 Å². The van der Waals surface area contributed by atoms with Gasteiger partial charge in [-0.2, -0.15) is 0 Å². The summed E-state index contributed by atoms with van der Waals surface area (Å²) in [5.41, 5.74) is 6.91. The summed E-state index contributed by atoms with van der Waals surface area (Å²) in [5.74, 6) is -0.193. The minimum absolute atomic E-state index is 0.0470. The van der Waals surface area contributed by atoms with Crippen molar-refractivity contribution in [2.45, 2.75) is 12.5 Å². The van der Waals surface area contributed by atoms with E-state index in [0.717, 1.165) is 6.42 Å². The Labute approximate surface area is 127 Å². The van der Waals surface area contributed by atoms with Crippen molar-refractivity contribution in [3.63, 3.8) is 0 Å². The molecule has 0 unspecified atom stereocenters. The molecule has 1 fully saturated rings. The van der Waals surface area contributed by atoms with Gasteiger partial charge in [0.1, 0.15) is 0 Å². The molecule has 3 rings (SSSR count). The molecule has 0 bridgehead atoms. The van der Waals surface area contributed by atoms with E-state index in [0.29, 0.717) is 24.3 Å². The number of carbonyl (C=O) groups excluding carboxylic acids is 2. The van der Waals surface area contributed by atoms with Crippen LogP contribution in [0.25, 0.3) is 0 Å². The summed E-state index contributed by atoms with van der Waals surface area (Å²) in [4.78, 5) is 26.1. The number of amides is 2. The number of likely N-dealkylation sites (tertiary alicyclic amines) is 1. The smallest absolute Gasteiger partial charge is 0.291 e. The van der Waals surface area contributed by atoms with Crippen LogP contribution in [-0.4, -0.2) is 35.8 Å². The zero-order valence-corrected chi connectivity index (χ0v) is 12.0. The first-order chi connectivity index (χ1) is 10.6. The second kappa shape index (κ2) is 6.03. The summed E-state index contributed by atoms with van der Waals surface area (Å²) in [6.07, 6.45) is 2.26. The minimum Gasteiger partial charge on any atom is -0.459 e. The number of nitrogens with two attached hydrogens (primary N) is 1. The molecule has 6 nitrogen and oxygen atoms in total. The average Bonchev–Trinajstić information content (AvgIpc) is 3.18. The van der Waals surface area contributed by atoms with Crippen molar-refractivity contribution >= 4 is 17.5 Å². The molecular weight excluding hydrogens is 282 g/mol. The van der Waals surface area contributed by atoms with Gasteiger partial charge in [0.05, 0.1) is 6.26 Å². The van der Waals surface area contributed by atoms with Gasteiger partial charge in [-0.1, -0.05) is 6.07 Å². The van der Waals surface area contributed by atoms with Crippen molar-refractivity contribution in [3.05, 3.63) is 54.0 Å². The Hall–Kier alpha value is -2.60. The maximum absolute atomic E-state index is 12.4. The molecule has 1 atom stereocenters. The molecule has 2 amide bonds. The molecule has 1 aliphatic rings. The van der Waals surface area contributed by atoms with E-state index in [-0.39, 0.29) is 23.6 Å². The van der Waals surface area contributed by atoms with Crippen molar-refractivity contribution < 1.29 is 14.0 Å². The van der Waals surface area contributed by atoms with Crippen LogP contribution in [0, 0.1) is 0 Å². The SMILES string of the molecule is N[C@@H]1CCN(C(=O)c2cccc(NC(=O)c3ccco3)c2)C1. The van der Waals surface area contributed by atoms with Crippen molar-refractivity contribution in [2.24, 2.45) is 5.73 Å². The molecule has 2 heterocycles. The fraction of sp³-hybridized carbons (Fsp3) is 0.250. The van der Waals surface area contributed by atoms with Gasteiger partial charge in [0.15, 0.2) is 5.76 Å². The van der Waals surface area contributed by atoms with E-state index in [1.165, 1.54) is 6.26 Å². The fourth-order valence-corrected chi connectivity index (χ4v) is 2.48. The number of hydrogen-bond acceptors (Lipinski definition) is 4. The van der Waals surface area contributed by atoms with E-state index in [2.05, 4.69) is 5.32 Å². The van der Waals surface area contributed by atoms with Gasteiger partial charge in [0.2, 0.25) is 0 Å². The van der Waals surface area contributed by atoms with Gasteiger partial charge in [0, 0.05) is 30.4 Å². The Morgan fingerprint density at radius 3 is 2.82 bits per heavy atom. The van der Waals surface area contributed by atoms with Gasteiger partial charge < -0.3 is 20.4 Å². The predicted octanol–water partition coefficient (Wildman–Crippen LogP) is 1.71. The summed E-state index contributed by atoms with van der Waals surface area (Å²) in [7, 11) is 0. The van der Waals surface area contributed by atoms with Crippen LogP contribution >= 0.6 is 0 Å². The van der Waals surface area contributed by atoms with E-state index < -0.39 is 0 Å². The van der Waals surface area contributed by atoms with E-state index in [1.54, 1.807) is 41.3 Å². The normalized spacial score (nSPS) is 17.5. The lowest BCUT2D eigenvalue weighted by atomic mass is 10.1. The zero-order chi connectivity index (χ0) is 15.5. The molecule has 6 heteroatoms. The Bertz CT molecular complexity index is 682. The van der Waals surface area contributed by atoms with Crippen molar-refractivity contribution in [3.8, 4) is 0 Å². The maximum Gasteiger partial charge on any atom is 0.291 e. The number of anilines is 1. The van der Waals surface area contributed by atoms with E-state index in [1.807, 2.05) is 0 Å². The first-order valence-corrected chi connectivity index (χ1v) is 7.13. The lowest BCUT2D eigenvalue weighted by Gasteiger charge is -2.16. The third-order valence-electron chi connectivity index (χ3n) is 3.62. The fourth-order valence-electron chi connectivity index (χ4n) is 2.48. The highest BCUT2D eigenvalue weighted by Gasteiger charge is 2.24. The molecule has 0 saturated carbocycles. The maximum atomic E-state index is 12.4. The minimum atomic E-state index is -0.349. The zero-order valence-electron chi connectivity index (χ0n) is 12.0. The lowest BCUT2D eigenvalue weighted by molar-refractivity contribution is 0.0790.